The van der Waals surface area contributed by atoms with Gasteiger partial charge in [-0.1, -0.05) is 72.3 Å². The molecule has 0 spiro atoms. The average molecular weight is 332 g/mol. The van der Waals surface area contributed by atoms with Crippen molar-refractivity contribution < 1.29 is 0 Å². The lowest BCUT2D eigenvalue weighted by Crippen LogP contribution is -1.99. The van der Waals surface area contributed by atoms with Crippen LogP contribution in [-0.2, 0) is 0 Å². The number of hydrogen-bond donors (Lipinski definition) is 0. The highest BCUT2D eigenvalue weighted by Gasteiger charge is 2.16. The lowest BCUT2D eigenvalue weighted by atomic mass is 10.2. The first-order chi connectivity index (χ1) is 11.8. The predicted molar refractivity (Wildman–Crippen MR) is 97.2 cm³/mol. The van der Waals surface area contributed by atoms with Crippen LogP contribution in [0, 0.1) is 0 Å². The molecule has 0 fully saturated rings. The molecule has 1 aromatic heterocycles. The fraction of sp³-hybridized carbons (Fsp3) is 0. The van der Waals surface area contributed by atoms with E-state index in [0.29, 0.717) is 10.8 Å². The molecule has 24 heavy (non-hydrogen) atoms. The largest absolute Gasteiger partial charge is 0.213 e. The molecule has 0 atom stereocenters. The third kappa shape index (κ3) is 2.70. The Morgan fingerprint density at radius 3 is 2.04 bits per heavy atom. The molecule has 116 valence electrons. The highest BCUT2D eigenvalue weighted by atomic mass is 35.5. The van der Waals surface area contributed by atoms with Crippen LogP contribution in [0.2, 0.25) is 5.02 Å². The molecule has 1 heterocycles. The van der Waals surface area contributed by atoms with Crippen molar-refractivity contribution >= 4 is 11.6 Å². The van der Waals surface area contributed by atoms with E-state index in [2.05, 4.69) is 0 Å². The first-order valence-corrected chi connectivity index (χ1v) is 8.03. The molecule has 0 unspecified atom stereocenters. The lowest BCUT2D eigenvalue weighted by molar-refractivity contribution is 0.890. The summed E-state index contributed by atoms with van der Waals surface area (Å²) >= 11 is 6.32. The van der Waals surface area contributed by atoms with E-state index in [4.69, 9.17) is 21.7 Å². The van der Waals surface area contributed by atoms with E-state index in [1.165, 1.54) is 0 Å². The lowest BCUT2D eigenvalue weighted by Gasteiger charge is -2.05. The van der Waals surface area contributed by atoms with Crippen LogP contribution in [0.3, 0.4) is 0 Å². The van der Waals surface area contributed by atoms with Crippen molar-refractivity contribution in [1.82, 2.24) is 14.8 Å². The van der Waals surface area contributed by atoms with E-state index < -0.39 is 0 Å². The molecule has 4 rings (SSSR count). The smallest absolute Gasteiger partial charge is 0.183 e. The summed E-state index contributed by atoms with van der Waals surface area (Å²) in [6.07, 6.45) is 0. The molecular formula is C20H14ClN3. The van der Waals surface area contributed by atoms with Crippen LogP contribution < -0.4 is 0 Å². The van der Waals surface area contributed by atoms with E-state index >= 15 is 0 Å². The summed E-state index contributed by atoms with van der Waals surface area (Å²) in [7, 11) is 0. The molecule has 3 nitrogen and oxygen atoms in total. The highest BCUT2D eigenvalue weighted by Crippen LogP contribution is 2.29. The fourth-order valence-corrected chi connectivity index (χ4v) is 2.81. The van der Waals surface area contributed by atoms with Gasteiger partial charge in [-0.05, 0) is 24.3 Å². The molecule has 0 saturated heterocycles. The van der Waals surface area contributed by atoms with Gasteiger partial charge in [0.15, 0.2) is 11.6 Å². The van der Waals surface area contributed by atoms with Gasteiger partial charge in [-0.3, -0.25) is 0 Å². The van der Waals surface area contributed by atoms with Crippen LogP contribution in [0.15, 0.2) is 84.9 Å². The van der Waals surface area contributed by atoms with Crippen LogP contribution in [0.25, 0.3) is 28.5 Å². The topological polar surface area (TPSA) is 30.7 Å². The van der Waals surface area contributed by atoms with Crippen LogP contribution >= 0.6 is 11.6 Å². The van der Waals surface area contributed by atoms with E-state index in [1.54, 1.807) is 0 Å². The van der Waals surface area contributed by atoms with Gasteiger partial charge in [-0.2, -0.15) is 0 Å². The third-order valence-electron chi connectivity index (χ3n) is 3.75. The first-order valence-electron chi connectivity index (χ1n) is 7.66. The minimum Gasteiger partial charge on any atom is -0.213 e. The number of aromatic nitrogens is 3. The monoisotopic (exact) mass is 331 g/mol. The molecule has 0 aliphatic carbocycles. The van der Waals surface area contributed by atoms with Crippen molar-refractivity contribution in [2.75, 3.05) is 0 Å². The Hall–Kier alpha value is -2.91. The van der Waals surface area contributed by atoms with Crippen molar-refractivity contribution in [2.45, 2.75) is 0 Å². The van der Waals surface area contributed by atoms with Gasteiger partial charge in [0.05, 0.1) is 10.7 Å². The summed E-state index contributed by atoms with van der Waals surface area (Å²) in [5, 5.41) is 5.35. The van der Waals surface area contributed by atoms with Gasteiger partial charge in [0.1, 0.15) is 0 Å². The first kappa shape index (κ1) is 14.7. The molecule has 0 bridgehead atoms. The van der Waals surface area contributed by atoms with Crippen molar-refractivity contribution in [3.05, 3.63) is 90.0 Å². The number of hydrogen-bond acceptors (Lipinski definition) is 2. The Labute approximate surface area is 145 Å². The van der Waals surface area contributed by atoms with E-state index in [0.717, 1.165) is 22.6 Å². The minimum absolute atomic E-state index is 0.614. The maximum Gasteiger partial charge on any atom is 0.183 e. The maximum absolute atomic E-state index is 6.32. The zero-order chi connectivity index (χ0) is 16.4. The summed E-state index contributed by atoms with van der Waals surface area (Å²) in [6.45, 7) is 0. The van der Waals surface area contributed by atoms with Gasteiger partial charge in [-0.15, -0.1) is 5.10 Å². The zero-order valence-electron chi connectivity index (χ0n) is 12.8. The summed E-state index contributed by atoms with van der Waals surface area (Å²) in [5.74, 6) is 1.40. The van der Waals surface area contributed by atoms with Crippen LogP contribution in [-0.4, -0.2) is 14.8 Å². The Kier molecular flexibility index (Phi) is 3.85. The van der Waals surface area contributed by atoms with Gasteiger partial charge in [-0.25, -0.2) is 9.67 Å². The second-order valence-electron chi connectivity index (χ2n) is 5.35. The Morgan fingerprint density at radius 1 is 0.708 bits per heavy atom. The van der Waals surface area contributed by atoms with Crippen LogP contribution in [0.5, 0.6) is 0 Å². The second-order valence-corrected chi connectivity index (χ2v) is 5.76. The molecule has 3 aromatic carbocycles. The van der Waals surface area contributed by atoms with E-state index in [1.807, 2.05) is 89.6 Å². The molecule has 0 radical (unpaired) electrons. The SMILES string of the molecule is Clc1ccccc1-c1nc(-c2ccccc2)n(-c2ccccc2)n1. The summed E-state index contributed by atoms with van der Waals surface area (Å²) in [6, 6.07) is 27.6. The molecule has 0 amide bonds. The zero-order valence-corrected chi connectivity index (χ0v) is 13.6. The fourth-order valence-electron chi connectivity index (χ4n) is 2.59. The molecule has 0 aliphatic rings. The van der Waals surface area contributed by atoms with Crippen molar-refractivity contribution in [3.63, 3.8) is 0 Å². The standard InChI is InChI=1S/C20H14ClN3/c21-18-14-8-7-13-17(18)19-22-20(15-9-3-1-4-10-15)24(23-19)16-11-5-2-6-12-16/h1-14H. The van der Waals surface area contributed by atoms with Crippen molar-refractivity contribution in [1.29, 1.82) is 0 Å². The molecule has 0 saturated carbocycles. The van der Waals surface area contributed by atoms with Crippen LogP contribution in [0.4, 0.5) is 0 Å². The molecule has 0 N–H and O–H groups in total. The number of halogens is 1. The Morgan fingerprint density at radius 2 is 1.33 bits per heavy atom. The van der Waals surface area contributed by atoms with Crippen molar-refractivity contribution in [2.24, 2.45) is 0 Å². The normalized spacial score (nSPS) is 10.7. The maximum atomic E-state index is 6.32. The molecular weight excluding hydrogens is 318 g/mol. The minimum atomic E-state index is 0.614. The number of nitrogens with zero attached hydrogens (tertiary/aromatic N) is 3. The second kappa shape index (κ2) is 6.30. The number of benzene rings is 3. The average Bonchev–Trinajstić information content (AvgIpc) is 3.09. The third-order valence-corrected chi connectivity index (χ3v) is 4.08. The van der Waals surface area contributed by atoms with Gasteiger partial charge >= 0.3 is 0 Å². The predicted octanol–water partition coefficient (Wildman–Crippen LogP) is 5.25. The van der Waals surface area contributed by atoms with Gasteiger partial charge < -0.3 is 0 Å². The van der Waals surface area contributed by atoms with Gasteiger partial charge in [0, 0.05) is 11.1 Å². The molecule has 0 aliphatic heterocycles. The van der Waals surface area contributed by atoms with E-state index in [9.17, 15) is 0 Å². The summed E-state index contributed by atoms with van der Waals surface area (Å²) in [4.78, 5) is 4.76. The summed E-state index contributed by atoms with van der Waals surface area (Å²) < 4.78 is 1.86. The van der Waals surface area contributed by atoms with Crippen LogP contribution in [0.1, 0.15) is 0 Å². The quantitative estimate of drug-likeness (QED) is 0.513. The Bertz CT molecular complexity index is 906. The Balaban J connectivity index is 1.94. The van der Waals surface area contributed by atoms with Gasteiger partial charge in [0.2, 0.25) is 0 Å². The number of rotatable bonds is 3. The molecule has 4 heteroatoms. The van der Waals surface area contributed by atoms with Crippen molar-refractivity contribution in [3.8, 4) is 28.5 Å². The highest BCUT2D eigenvalue weighted by molar-refractivity contribution is 6.33. The number of para-hydroxylation sites is 1. The van der Waals surface area contributed by atoms with Gasteiger partial charge in [0.25, 0.3) is 0 Å². The van der Waals surface area contributed by atoms with E-state index in [-0.39, 0.29) is 0 Å². The summed E-state index contributed by atoms with van der Waals surface area (Å²) in [5.41, 5.74) is 2.79. The molecule has 4 aromatic rings.